The van der Waals surface area contributed by atoms with E-state index in [9.17, 15) is 14.4 Å². The molecule has 0 saturated carbocycles. The maximum atomic E-state index is 12.4. The summed E-state index contributed by atoms with van der Waals surface area (Å²) < 4.78 is 11.8. The molecule has 2 saturated heterocycles. The normalized spacial score (nSPS) is 26.0. The number of benzene rings is 1. The molecule has 0 aliphatic carbocycles. The Balaban J connectivity index is 1.40. The highest BCUT2D eigenvalue weighted by molar-refractivity contribution is 6.44. The molecule has 2 atom stereocenters. The van der Waals surface area contributed by atoms with Crippen LogP contribution in [0.1, 0.15) is 19.8 Å². The average molecular weight is 373 g/mol. The minimum Gasteiger partial charge on any atom is -0.486 e. The number of rotatable bonds is 4. The van der Waals surface area contributed by atoms with E-state index in [1.165, 1.54) is 0 Å². The molecule has 144 valence electrons. The van der Waals surface area contributed by atoms with Crippen molar-refractivity contribution in [3.63, 3.8) is 0 Å². The number of para-hydroxylation sites is 2. The first kappa shape index (κ1) is 17.8. The van der Waals surface area contributed by atoms with Gasteiger partial charge in [-0.3, -0.25) is 24.3 Å². The van der Waals surface area contributed by atoms with Crippen LogP contribution in [0.5, 0.6) is 11.5 Å². The van der Waals surface area contributed by atoms with Crippen LogP contribution in [-0.2, 0) is 9.59 Å². The number of hydrogen-bond acceptors (Lipinski definition) is 6. The van der Waals surface area contributed by atoms with E-state index >= 15 is 0 Å². The van der Waals surface area contributed by atoms with Gasteiger partial charge >= 0.3 is 17.8 Å². The van der Waals surface area contributed by atoms with Crippen LogP contribution in [0.25, 0.3) is 0 Å². The van der Waals surface area contributed by atoms with Crippen molar-refractivity contribution >= 4 is 17.8 Å². The molecular weight excluding hydrogens is 350 g/mol. The van der Waals surface area contributed by atoms with E-state index < -0.39 is 17.8 Å². The van der Waals surface area contributed by atoms with Crippen molar-refractivity contribution in [2.45, 2.75) is 31.9 Å². The lowest BCUT2D eigenvalue weighted by atomic mass is 10.0. The highest BCUT2D eigenvalue weighted by atomic mass is 16.6. The van der Waals surface area contributed by atoms with E-state index in [0.717, 1.165) is 34.3 Å². The summed E-state index contributed by atoms with van der Waals surface area (Å²) >= 11 is 0. The summed E-state index contributed by atoms with van der Waals surface area (Å²) in [6, 6.07) is 6.79. The molecule has 2 fully saturated rings. The summed E-state index contributed by atoms with van der Waals surface area (Å²) in [4.78, 5) is 41.0. The van der Waals surface area contributed by atoms with Gasteiger partial charge in [0.05, 0.1) is 6.04 Å². The second-order valence-corrected chi connectivity index (χ2v) is 7.06. The molecular formula is C19H23N3O5. The Labute approximate surface area is 157 Å². The Kier molecular flexibility index (Phi) is 4.73. The van der Waals surface area contributed by atoms with Gasteiger partial charge in [0.1, 0.15) is 12.7 Å². The van der Waals surface area contributed by atoms with Crippen molar-refractivity contribution in [1.82, 2.24) is 14.7 Å². The first-order chi connectivity index (χ1) is 13.1. The van der Waals surface area contributed by atoms with Crippen molar-refractivity contribution in [2.75, 3.05) is 32.8 Å². The van der Waals surface area contributed by atoms with Crippen LogP contribution in [0.15, 0.2) is 24.3 Å². The zero-order valence-electron chi connectivity index (χ0n) is 15.3. The van der Waals surface area contributed by atoms with Crippen LogP contribution in [0.4, 0.5) is 4.79 Å². The lowest BCUT2D eigenvalue weighted by molar-refractivity contribution is -0.144. The van der Waals surface area contributed by atoms with E-state index in [4.69, 9.17) is 9.47 Å². The van der Waals surface area contributed by atoms with Crippen LogP contribution < -0.4 is 9.47 Å². The molecule has 1 aromatic carbocycles. The molecule has 0 spiro atoms. The molecule has 0 unspecified atom stereocenters. The fraction of sp³-hybridized carbons (Fsp3) is 0.526. The standard InChI is InChI=1S/C19H23N3O5/c1-2-21-17(23)18(24)22(19(21)25)13-6-5-9-20(10-13)11-14-12-26-15-7-3-4-8-16(15)27-14/h3-4,7-8,13-14H,2,5-6,9-12H2,1H3/t13-,14-/m0/s1. The van der Waals surface area contributed by atoms with E-state index in [1.807, 2.05) is 24.3 Å². The lowest BCUT2D eigenvalue weighted by Gasteiger charge is -2.38. The topological polar surface area (TPSA) is 79.4 Å². The van der Waals surface area contributed by atoms with E-state index in [1.54, 1.807) is 6.92 Å². The van der Waals surface area contributed by atoms with Gasteiger partial charge in [-0.2, -0.15) is 0 Å². The van der Waals surface area contributed by atoms with Crippen LogP contribution in [0.3, 0.4) is 0 Å². The summed E-state index contributed by atoms with van der Waals surface area (Å²) in [6.07, 6.45) is 1.45. The van der Waals surface area contributed by atoms with Crippen molar-refractivity contribution in [2.24, 2.45) is 0 Å². The molecule has 4 rings (SSSR count). The SMILES string of the molecule is CCN1C(=O)C(=O)N([C@H]2CCCN(C[C@H]3COc4ccccc4O3)C2)C1=O. The monoisotopic (exact) mass is 373 g/mol. The molecule has 1 aromatic rings. The van der Waals surface area contributed by atoms with Gasteiger partial charge in [-0.15, -0.1) is 0 Å². The van der Waals surface area contributed by atoms with Gasteiger partial charge in [0, 0.05) is 19.6 Å². The number of likely N-dealkylation sites (N-methyl/N-ethyl adjacent to an activating group) is 1. The molecule has 0 bridgehead atoms. The Bertz CT molecular complexity index is 767. The second-order valence-electron chi connectivity index (χ2n) is 7.06. The number of hydrogen-bond donors (Lipinski definition) is 0. The second kappa shape index (κ2) is 7.19. The molecule has 27 heavy (non-hydrogen) atoms. The fourth-order valence-corrected chi connectivity index (χ4v) is 3.97. The van der Waals surface area contributed by atoms with Gasteiger partial charge in [-0.05, 0) is 38.4 Å². The highest BCUT2D eigenvalue weighted by Gasteiger charge is 2.47. The Hall–Kier alpha value is -2.61. The van der Waals surface area contributed by atoms with Gasteiger partial charge in [-0.25, -0.2) is 4.79 Å². The third-order valence-electron chi connectivity index (χ3n) is 5.28. The highest BCUT2D eigenvalue weighted by Crippen LogP contribution is 2.31. The van der Waals surface area contributed by atoms with Crippen LogP contribution in [0, 0.1) is 0 Å². The molecule has 4 amide bonds. The van der Waals surface area contributed by atoms with Crippen molar-refractivity contribution in [1.29, 1.82) is 0 Å². The quantitative estimate of drug-likeness (QED) is 0.581. The van der Waals surface area contributed by atoms with Crippen molar-refractivity contribution in [3.05, 3.63) is 24.3 Å². The zero-order chi connectivity index (χ0) is 19.0. The first-order valence-corrected chi connectivity index (χ1v) is 9.38. The maximum Gasteiger partial charge on any atom is 0.334 e. The molecule has 3 aliphatic heterocycles. The Morgan fingerprint density at radius 2 is 1.89 bits per heavy atom. The summed E-state index contributed by atoms with van der Waals surface area (Å²) in [5, 5.41) is 0. The van der Waals surface area contributed by atoms with Crippen LogP contribution in [0.2, 0.25) is 0 Å². The molecule has 0 aromatic heterocycles. The fourth-order valence-electron chi connectivity index (χ4n) is 3.97. The molecule has 8 heteroatoms. The average Bonchev–Trinajstić information content (AvgIpc) is 2.90. The number of urea groups is 1. The van der Waals surface area contributed by atoms with Crippen molar-refractivity contribution in [3.8, 4) is 11.5 Å². The van der Waals surface area contributed by atoms with Gasteiger partial charge < -0.3 is 9.47 Å². The smallest absolute Gasteiger partial charge is 0.334 e. The summed E-state index contributed by atoms with van der Waals surface area (Å²) in [7, 11) is 0. The lowest BCUT2D eigenvalue weighted by Crippen LogP contribution is -2.53. The van der Waals surface area contributed by atoms with Crippen LogP contribution >= 0.6 is 0 Å². The van der Waals surface area contributed by atoms with Gasteiger partial charge in [0.2, 0.25) is 0 Å². The Morgan fingerprint density at radius 3 is 2.63 bits per heavy atom. The molecule has 3 aliphatic rings. The number of nitrogens with zero attached hydrogens (tertiary/aromatic N) is 3. The third-order valence-corrected chi connectivity index (χ3v) is 5.28. The molecule has 0 radical (unpaired) electrons. The van der Waals surface area contributed by atoms with E-state index in [2.05, 4.69) is 4.90 Å². The number of imide groups is 2. The van der Waals surface area contributed by atoms with E-state index in [0.29, 0.717) is 26.1 Å². The number of ether oxygens (including phenoxy) is 2. The summed E-state index contributed by atoms with van der Waals surface area (Å²) in [6.45, 7) is 4.42. The number of fused-ring (bicyclic) bond motifs is 1. The molecule has 0 N–H and O–H groups in total. The number of amides is 4. The van der Waals surface area contributed by atoms with Gasteiger partial charge in [0.25, 0.3) is 0 Å². The number of carbonyl (C=O) groups is 3. The summed E-state index contributed by atoms with van der Waals surface area (Å²) in [5.74, 6) is 0.0493. The van der Waals surface area contributed by atoms with Gasteiger partial charge in [-0.1, -0.05) is 12.1 Å². The largest absolute Gasteiger partial charge is 0.486 e. The third kappa shape index (κ3) is 3.25. The zero-order valence-corrected chi connectivity index (χ0v) is 15.3. The van der Waals surface area contributed by atoms with Crippen LogP contribution in [-0.4, -0.2) is 77.5 Å². The van der Waals surface area contributed by atoms with E-state index in [-0.39, 0.29) is 18.7 Å². The summed E-state index contributed by atoms with van der Waals surface area (Å²) in [5.41, 5.74) is 0. The predicted molar refractivity (Wildman–Crippen MR) is 95.4 cm³/mol. The van der Waals surface area contributed by atoms with Crippen molar-refractivity contribution < 1.29 is 23.9 Å². The first-order valence-electron chi connectivity index (χ1n) is 9.38. The predicted octanol–water partition coefficient (Wildman–Crippen LogP) is 1.10. The minimum absolute atomic E-state index is 0.114. The Morgan fingerprint density at radius 1 is 1.11 bits per heavy atom. The minimum atomic E-state index is -0.722. The number of piperidine rings is 1. The molecule has 3 heterocycles. The number of carbonyl (C=O) groups excluding carboxylic acids is 3. The maximum absolute atomic E-state index is 12.4. The molecule has 8 nitrogen and oxygen atoms in total. The van der Waals surface area contributed by atoms with Gasteiger partial charge in [0.15, 0.2) is 11.5 Å². The number of likely N-dealkylation sites (tertiary alicyclic amines) is 1.